The third kappa shape index (κ3) is 2.34. The molecule has 1 aromatic rings. The molecule has 0 unspecified atom stereocenters. The van der Waals surface area contributed by atoms with E-state index >= 15 is 0 Å². The van der Waals surface area contributed by atoms with Crippen LogP contribution < -0.4 is 0 Å². The minimum absolute atomic E-state index is 0.239. The number of amides is 1. The van der Waals surface area contributed by atoms with Gasteiger partial charge in [0.1, 0.15) is 0 Å². The van der Waals surface area contributed by atoms with Gasteiger partial charge in [0.15, 0.2) is 5.79 Å². The summed E-state index contributed by atoms with van der Waals surface area (Å²) in [4.78, 5) is 15.0. The van der Waals surface area contributed by atoms with E-state index in [2.05, 4.69) is 0 Å². The topological polar surface area (TPSA) is 38.8 Å². The smallest absolute Gasteiger partial charge is 0.233 e. The summed E-state index contributed by atoms with van der Waals surface area (Å²) in [6, 6.07) is 7.73. The Bertz CT molecular complexity index is 583. The summed E-state index contributed by atoms with van der Waals surface area (Å²) >= 11 is 6.09. The monoisotopic (exact) mass is 321 g/mol. The van der Waals surface area contributed by atoms with Crippen LogP contribution >= 0.6 is 11.6 Å². The number of benzene rings is 1. The SMILES string of the molecule is O=C(N1CCC2(CC1)OCCO2)C1(c2cccc(Cl)c2)CC1. The Morgan fingerprint density at radius 2 is 1.77 bits per heavy atom. The Morgan fingerprint density at radius 1 is 1.09 bits per heavy atom. The van der Waals surface area contributed by atoms with Crippen LogP contribution in [0.3, 0.4) is 0 Å². The average molecular weight is 322 g/mol. The average Bonchev–Trinajstić information content (AvgIpc) is 3.24. The van der Waals surface area contributed by atoms with E-state index in [0.717, 1.165) is 31.2 Å². The lowest BCUT2D eigenvalue weighted by molar-refractivity contribution is -0.188. The van der Waals surface area contributed by atoms with Crippen molar-refractivity contribution in [3.63, 3.8) is 0 Å². The highest BCUT2D eigenvalue weighted by Crippen LogP contribution is 2.50. The molecule has 3 aliphatic rings. The fourth-order valence-corrected chi connectivity index (χ4v) is 3.87. The normalized spacial score (nSPS) is 25.4. The standard InChI is InChI=1S/C17H20ClNO3/c18-14-3-1-2-13(12-14)16(4-5-16)15(20)19-8-6-17(7-9-19)21-10-11-22-17/h1-3,12H,4-11H2. The third-order valence-corrected chi connectivity index (χ3v) is 5.40. The first-order valence-corrected chi connectivity index (χ1v) is 8.35. The van der Waals surface area contributed by atoms with E-state index in [9.17, 15) is 4.79 Å². The molecule has 0 radical (unpaired) electrons. The highest BCUT2D eigenvalue weighted by molar-refractivity contribution is 6.30. The summed E-state index contributed by atoms with van der Waals surface area (Å²) in [5.74, 6) is -0.189. The van der Waals surface area contributed by atoms with Crippen molar-refractivity contribution in [1.29, 1.82) is 0 Å². The molecule has 1 saturated carbocycles. The molecule has 2 heterocycles. The summed E-state index contributed by atoms with van der Waals surface area (Å²) < 4.78 is 11.5. The van der Waals surface area contributed by atoms with E-state index < -0.39 is 5.79 Å². The molecule has 0 atom stereocenters. The number of halogens is 1. The number of ether oxygens (including phenoxy) is 2. The predicted molar refractivity (Wildman–Crippen MR) is 82.8 cm³/mol. The first-order valence-electron chi connectivity index (χ1n) is 7.97. The number of hydrogen-bond acceptors (Lipinski definition) is 3. The molecule has 5 heteroatoms. The number of piperidine rings is 1. The first kappa shape index (κ1) is 14.5. The summed E-state index contributed by atoms with van der Waals surface area (Å²) in [7, 11) is 0. The minimum atomic E-state index is -0.427. The van der Waals surface area contributed by atoms with Gasteiger partial charge in [0.05, 0.1) is 18.6 Å². The van der Waals surface area contributed by atoms with Crippen LogP contribution in [0.4, 0.5) is 0 Å². The lowest BCUT2D eigenvalue weighted by atomic mass is 9.92. The Morgan fingerprint density at radius 3 is 2.36 bits per heavy atom. The van der Waals surface area contributed by atoms with Crippen LogP contribution in [0.15, 0.2) is 24.3 Å². The highest BCUT2D eigenvalue weighted by Gasteiger charge is 2.54. The van der Waals surface area contributed by atoms with Crippen LogP contribution in [0.25, 0.3) is 0 Å². The Kier molecular flexibility index (Phi) is 3.44. The zero-order chi connectivity index (χ0) is 15.2. The van der Waals surface area contributed by atoms with Gasteiger partial charge in [0.25, 0.3) is 0 Å². The molecular formula is C17H20ClNO3. The van der Waals surface area contributed by atoms with Gasteiger partial charge in [-0.25, -0.2) is 0 Å². The number of hydrogen-bond donors (Lipinski definition) is 0. The van der Waals surface area contributed by atoms with Crippen molar-refractivity contribution >= 4 is 17.5 Å². The zero-order valence-corrected chi connectivity index (χ0v) is 13.3. The fourth-order valence-electron chi connectivity index (χ4n) is 3.68. The van der Waals surface area contributed by atoms with Crippen molar-refractivity contribution in [1.82, 2.24) is 4.90 Å². The second-order valence-corrected chi connectivity index (χ2v) is 6.93. The maximum absolute atomic E-state index is 13.0. The number of carbonyl (C=O) groups excluding carboxylic acids is 1. The lowest BCUT2D eigenvalue weighted by Gasteiger charge is -2.39. The predicted octanol–water partition coefficient (Wildman–Crippen LogP) is 2.74. The van der Waals surface area contributed by atoms with Crippen LogP contribution in [-0.2, 0) is 19.7 Å². The Balaban J connectivity index is 1.48. The van der Waals surface area contributed by atoms with Gasteiger partial charge in [-0.1, -0.05) is 23.7 Å². The fraction of sp³-hybridized carbons (Fsp3) is 0.588. The van der Waals surface area contributed by atoms with Gasteiger partial charge in [-0.2, -0.15) is 0 Å². The minimum Gasteiger partial charge on any atom is -0.347 e. The van der Waals surface area contributed by atoms with Crippen molar-refractivity contribution in [2.24, 2.45) is 0 Å². The zero-order valence-electron chi connectivity index (χ0n) is 12.5. The number of nitrogens with zero attached hydrogens (tertiary/aromatic N) is 1. The van der Waals surface area contributed by atoms with E-state index in [0.29, 0.717) is 31.3 Å². The number of carbonyl (C=O) groups is 1. The Labute approximate surface area is 135 Å². The van der Waals surface area contributed by atoms with Gasteiger partial charge in [0.2, 0.25) is 5.91 Å². The second kappa shape index (κ2) is 5.22. The van der Waals surface area contributed by atoms with Gasteiger partial charge < -0.3 is 14.4 Å². The van der Waals surface area contributed by atoms with Gasteiger partial charge >= 0.3 is 0 Å². The molecular weight excluding hydrogens is 302 g/mol. The van der Waals surface area contributed by atoms with Crippen LogP contribution in [-0.4, -0.2) is 42.9 Å². The summed E-state index contributed by atoms with van der Waals surface area (Å²) in [6.45, 7) is 2.75. The summed E-state index contributed by atoms with van der Waals surface area (Å²) in [5, 5.41) is 0.696. The summed E-state index contributed by atoms with van der Waals surface area (Å²) in [6.07, 6.45) is 3.37. The van der Waals surface area contributed by atoms with Crippen LogP contribution in [0, 0.1) is 0 Å². The van der Waals surface area contributed by atoms with Crippen molar-refractivity contribution in [3.05, 3.63) is 34.9 Å². The molecule has 4 rings (SSSR count). The van der Waals surface area contributed by atoms with Crippen molar-refractivity contribution in [2.75, 3.05) is 26.3 Å². The summed E-state index contributed by atoms with van der Waals surface area (Å²) in [5.41, 5.74) is 0.714. The number of likely N-dealkylation sites (tertiary alicyclic amines) is 1. The molecule has 1 aromatic carbocycles. The van der Waals surface area contributed by atoms with E-state index in [4.69, 9.17) is 21.1 Å². The third-order valence-electron chi connectivity index (χ3n) is 5.16. The second-order valence-electron chi connectivity index (χ2n) is 6.49. The molecule has 1 amide bonds. The molecule has 2 saturated heterocycles. The molecule has 118 valence electrons. The van der Waals surface area contributed by atoms with Crippen molar-refractivity contribution < 1.29 is 14.3 Å². The van der Waals surface area contributed by atoms with Gasteiger partial charge in [-0.15, -0.1) is 0 Å². The van der Waals surface area contributed by atoms with Crippen LogP contribution in [0.5, 0.6) is 0 Å². The Hall–Kier alpha value is -1.10. The van der Waals surface area contributed by atoms with E-state index in [-0.39, 0.29) is 11.3 Å². The molecule has 1 aliphatic carbocycles. The molecule has 0 N–H and O–H groups in total. The largest absolute Gasteiger partial charge is 0.347 e. The van der Waals surface area contributed by atoms with Gasteiger partial charge in [0, 0.05) is 31.0 Å². The van der Waals surface area contributed by atoms with E-state index in [1.54, 1.807) is 0 Å². The van der Waals surface area contributed by atoms with Gasteiger partial charge in [-0.05, 0) is 30.5 Å². The lowest BCUT2D eigenvalue weighted by Crippen LogP contribution is -2.50. The molecule has 2 aliphatic heterocycles. The van der Waals surface area contributed by atoms with E-state index in [1.165, 1.54) is 0 Å². The van der Waals surface area contributed by atoms with Crippen LogP contribution in [0.1, 0.15) is 31.2 Å². The quantitative estimate of drug-likeness (QED) is 0.840. The van der Waals surface area contributed by atoms with Crippen LogP contribution in [0.2, 0.25) is 5.02 Å². The van der Waals surface area contributed by atoms with Crippen molar-refractivity contribution in [2.45, 2.75) is 36.9 Å². The first-order chi connectivity index (χ1) is 10.6. The maximum atomic E-state index is 13.0. The number of rotatable bonds is 2. The molecule has 22 heavy (non-hydrogen) atoms. The maximum Gasteiger partial charge on any atom is 0.233 e. The van der Waals surface area contributed by atoms with Crippen molar-refractivity contribution in [3.8, 4) is 0 Å². The molecule has 0 bridgehead atoms. The van der Waals surface area contributed by atoms with E-state index in [1.807, 2.05) is 29.2 Å². The molecule has 1 spiro atoms. The van der Waals surface area contributed by atoms with Gasteiger partial charge in [-0.3, -0.25) is 4.79 Å². The highest BCUT2D eigenvalue weighted by atomic mass is 35.5. The molecule has 4 nitrogen and oxygen atoms in total. The molecule has 0 aromatic heterocycles. The molecule has 3 fully saturated rings.